The summed E-state index contributed by atoms with van der Waals surface area (Å²) in [5.41, 5.74) is 8.22. The van der Waals surface area contributed by atoms with Crippen LogP contribution in [-0.2, 0) is 11.3 Å². The molecule has 1 aromatic heterocycles. The fourth-order valence-electron chi connectivity index (χ4n) is 2.31. The molecule has 1 fully saturated rings. The zero-order valence-corrected chi connectivity index (χ0v) is 10.0. The van der Waals surface area contributed by atoms with Crippen molar-refractivity contribution in [1.29, 1.82) is 0 Å². The Bertz CT molecular complexity index is 560. The third kappa shape index (κ3) is 1.79. The van der Waals surface area contributed by atoms with E-state index in [1.165, 1.54) is 0 Å². The number of aromatic nitrogens is 2. The van der Waals surface area contributed by atoms with Crippen molar-refractivity contribution in [2.24, 2.45) is 0 Å². The Morgan fingerprint density at radius 3 is 2.83 bits per heavy atom. The van der Waals surface area contributed by atoms with Crippen molar-refractivity contribution >= 4 is 16.7 Å². The summed E-state index contributed by atoms with van der Waals surface area (Å²) < 4.78 is 7.31. The van der Waals surface area contributed by atoms with Crippen LogP contribution in [0, 0.1) is 0 Å². The SMILES string of the molecule is Nc1ccc2c(c1)nc(CO)n2N1CCOCC1. The molecule has 2 aromatic rings. The summed E-state index contributed by atoms with van der Waals surface area (Å²) in [7, 11) is 0. The number of hydrogen-bond acceptors (Lipinski definition) is 5. The Labute approximate surface area is 105 Å². The Morgan fingerprint density at radius 2 is 2.11 bits per heavy atom. The molecule has 0 saturated carbocycles. The van der Waals surface area contributed by atoms with Crippen LogP contribution in [0.1, 0.15) is 5.82 Å². The van der Waals surface area contributed by atoms with Gasteiger partial charge in [0.25, 0.3) is 0 Å². The number of nitrogens with two attached hydrogens (primary N) is 1. The third-order valence-corrected chi connectivity index (χ3v) is 3.13. The van der Waals surface area contributed by atoms with E-state index in [1.54, 1.807) is 0 Å². The molecule has 0 bridgehead atoms. The molecule has 0 spiro atoms. The minimum absolute atomic E-state index is 0.0913. The van der Waals surface area contributed by atoms with Gasteiger partial charge < -0.3 is 20.6 Å². The van der Waals surface area contributed by atoms with Crippen molar-refractivity contribution in [3.8, 4) is 0 Å². The average molecular weight is 248 g/mol. The summed E-state index contributed by atoms with van der Waals surface area (Å²) in [6.45, 7) is 2.89. The van der Waals surface area contributed by atoms with Crippen molar-refractivity contribution in [2.75, 3.05) is 37.0 Å². The monoisotopic (exact) mass is 248 g/mol. The Hall–Kier alpha value is -1.79. The minimum Gasteiger partial charge on any atom is -0.399 e. The first kappa shape index (κ1) is 11.3. The van der Waals surface area contributed by atoms with Gasteiger partial charge in [0.05, 0.1) is 37.3 Å². The first-order valence-corrected chi connectivity index (χ1v) is 6.00. The van der Waals surface area contributed by atoms with Gasteiger partial charge in [0.1, 0.15) is 6.61 Å². The Morgan fingerprint density at radius 1 is 1.33 bits per heavy atom. The molecule has 0 aliphatic carbocycles. The molecular formula is C12H16N4O2. The number of ether oxygens (including phenoxy) is 1. The van der Waals surface area contributed by atoms with Crippen molar-refractivity contribution in [3.05, 3.63) is 24.0 Å². The van der Waals surface area contributed by atoms with Gasteiger partial charge in [-0.1, -0.05) is 0 Å². The maximum atomic E-state index is 9.45. The van der Waals surface area contributed by atoms with Gasteiger partial charge in [0.2, 0.25) is 0 Å². The minimum atomic E-state index is -0.0913. The Kier molecular flexibility index (Phi) is 2.81. The van der Waals surface area contributed by atoms with E-state index < -0.39 is 0 Å². The smallest absolute Gasteiger partial charge is 0.154 e. The van der Waals surface area contributed by atoms with Gasteiger partial charge in [-0.15, -0.1) is 0 Å². The highest BCUT2D eigenvalue weighted by atomic mass is 16.5. The lowest BCUT2D eigenvalue weighted by atomic mass is 10.3. The second-order valence-corrected chi connectivity index (χ2v) is 4.31. The summed E-state index contributed by atoms with van der Waals surface area (Å²) in [5, 5.41) is 11.6. The number of aliphatic hydroxyl groups is 1. The molecule has 1 aliphatic rings. The van der Waals surface area contributed by atoms with E-state index in [0.717, 1.165) is 24.1 Å². The molecular weight excluding hydrogens is 232 g/mol. The van der Waals surface area contributed by atoms with E-state index in [4.69, 9.17) is 10.5 Å². The van der Waals surface area contributed by atoms with E-state index in [9.17, 15) is 5.11 Å². The van der Waals surface area contributed by atoms with Crippen LogP contribution in [0.15, 0.2) is 18.2 Å². The number of morpholine rings is 1. The van der Waals surface area contributed by atoms with Gasteiger partial charge >= 0.3 is 0 Å². The molecule has 6 nitrogen and oxygen atoms in total. The number of nitrogens with zero attached hydrogens (tertiary/aromatic N) is 3. The third-order valence-electron chi connectivity index (χ3n) is 3.13. The normalized spacial score (nSPS) is 16.4. The lowest BCUT2D eigenvalue weighted by molar-refractivity contribution is 0.110. The van der Waals surface area contributed by atoms with E-state index in [-0.39, 0.29) is 6.61 Å². The molecule has 0 unspecified atom stereocenters. The molecule has 96 valence electrons. The van der Waals surface area contributed by atoms with Crippen LogP contribution >= 0.6 is 0 Å². The molecule has 1 aromatic carbocycles. The number of hydrogen-bond donors (Lipinski definition) is 2. The van der Waals surface area contributed by atoms with Gasteiger partial charge in [0, 0.05) is 5.69 Å². The molecule has 0 radical (unpaired) electrons. The fraction of sp³-hybridized carbons (Fsp3) is 0.417. The highest BCUT2D eigenvalue weighted by Crippen LogP contribution is 2.20. The van der Waals surface area contributed by atoms with Gasteiger partial charge in [-0.05, 0) is 18.2 Å². The number of imidazole rings is 1. The van der Waals surface area contributed by atoms with Crippen LogP contribution < -0.4 is 10.7 Å². The van der Waals surface area contributed by atoms with Crippen molar-refractivity contribution in [3.63, 3.8) is 0 Å². The molecule has 3 rings (SSSR count). The van der Waals surface area contributed by atoms with Gasteiger partial charge in [-0.25, -0.2) is 9.66 Å². The number of nitrogen functional groups attached to an aromatic ring is 1. The van der Waals surface area contributed by atoms with Gasteiger partial charge in [-0.3, -0.25) is 0 Å². The van der Waals surface area contributed by atoms with Gasteiger partial charge in [-0.2, -0.15) is 0 Å². The lowest BCUT2D eigenvalue weighted by Gasteiger charge is -2.31. The van der Waals surface area contributed by atoms with Crippen molar-refractivity contribution < 1.29 is 9.84 Å². The van der Waals surface area contributed by atoms with E-state index in [1.807, 2.05) is 22.9 Å². The zero-order valence-electron chi connectivity index (χ0n) is 10.0. The Balaban J connectivity index is 2.12. The molecule has 1 aliphatic heterocycles. The average Bonchev–Trinajstić information content (AvgIpc) is 2.77. The summed E-state index contributed by atoms with van der Waals surface area (Å²) >= 11 is 0. The number of benzene rings is 1. The molecule has 18 heavy (non-hydrogen) atoms. The van der Waals surface area contributed by atoms with Crippen LogP contribution in [-0.4, -0.2) is 41.1 Å². The van der Waals surface area contributed by atoms with E-state index in [2.05, 4.69) is 9.99 Å². The van der Waals surface area contributed by atoms with E-state index >= 15 is 0 Å². The first-order valence-electron chi connectivity index (χ1n) is 6.00. The largest absolute Gasteiger partial charge is 0.399 e. The first-order chi connectivity index (χ1) is 8.79. The molecule has 1 saturated heterocycles. The predicted octanol–water partition coefficient (Wildman–Crippen LogP) is 0.0790. The highest BCUT2D eigenvalue weighted by Gasteiger charge is 2.18. The molecule has 2 heterocycles. The standard InChI is InChI=1S/C12H16N4O2/c13-9-1-2-11-10(7-9)14-12(8-17)16(11)15-3-5-18-6-4-15/h1-2,7,17H,3-6,8,13H2. The van der Waals surface area contributed by atoms with Crippen LogP contribution in [0.25, 0.3) is 11.0 Å². The van der Waals surface area contributed by atoms with Crippen LogP contribution in [0.2, 0.25) is 0 Å². The van der Waals surface area contributed by atoms with Gasteiger partial charge in [0.15, 0.2) is 5.82 Å². The zero-order chi connectivity index (χ0) is 12.5. The lowest BCUT2D eigenvalue weighted by Crippen LogP contribution is -2.44. The van der Waals surface area contributed by atoms with Crippen LogP contribution in [0.3, 0.4) is 0 Å². The van der Waals surface area contributed by atoms with Crippen LogP contribution in [0.4, 0.5) is 5.69 Å². The maximum absolute atomic E-state index is 9.45. The summed E-state index contributed by atoms with van der Waals surface area (Å²) in [6.07, 6.45) is 0. The quantitative estimate of drug-likeness (QED) is 0.736. The number of anilines is 1. The summed E-state index contributed by atoms with van der Waals surface area (Å²) in [6, 6.07) is 5.61. The number of fused-ring (bicyclic) bond motifs is 1. The molecule has 0 atom stereocenters. The molecule has 6 heteroatoms. The summed E-state index contributed by atoms with van der Waals surface area (Å²) in [5.74, 6) is 0.637. The van der Waals surface area contributed by atoms with Crippen molar-refractivity contribution in [2.45, 2.75) is 6.61 Å². The second-order valence-electron chi connectivity index (χ2n) is 4.31. The number of rotatable bonds is 2. The summed E-state index contributed by atoms with van der Waals surface area (Å²) in [4.78, 5) is 4.42. The van der Waals surface area contributed by atoms with Crippen molar-refractivity contribution in [1.82, 2.24) is 9.66 Å². The van der Waals surface area contributed by atoms with Crippen LogP contribution in [0.5, 0.6) is 0 Å². The highest BCUT2D eigenvalue weighted by molar-refractivity contribution is 5.80. The topological polar surface area (TPSA) is 76.5 Å². The van der Waals surface area contributed by atoms with E-state index in [0.29, 0.717) is 24.7 Å². The predicted molar refractivity (Wildman–Crippen MR) is 68.8 cm³/mol. The fourth-order valence-corrected chi connectivity index (χ4v) is 2.31. The second kappa shape index (κ2) is 4.47. The molecule has 3 N–H and O–H groups in total. The maximum Gasteiger partial charge on any atom is 0.154 e. The number of aliphatic hydroxyl groups excluding tert-OH is 1. The molecule has 0 amide bonds.